The minimum Gasteiger partial charge on any atom is -0.397 e. The summed E-state index contributed by atoms with van der Waals surface area (Å²) in [6.07, 6.45) is 0. The third kappa shape index (κ3) is 7.07. The normalized spacial score (nSPS) is 11.8. The number of nitrogens with one attached hydrogen (secondary N) is 3. The summed E-state index contributed by atoms with van der Waals surface area (Å²) in [5.74, 6) is 0. The molecule has 0 aliphatic heterocycles. The van der Waals surface area contributed by atoms with Crippen LogP contribution in [0.25, 0.3) is 16.5 Å². The van der Waals surface area contributed by atoms with Gasteiger partial charge in [-0.3, -0.25) is 4.90 Å². The lowest BCUT2D eigenvalue weighted by Crippen LogP contribution is -2.36. The third-order valence-electron chi connectivity index (χ3n) is 7.45. The monoisotopic (exact) mass is 553 g/mol. The van der Waals surface area contributed by atoms with E-state index in [9.17, 15) is 0 Å². The number of hydrogen-bond donors (Lipinski definition) is 4. The highest BCUT2D eigenvalue weighted by molar-refractivity contribution is 5.86. The van der Waals surface area contributed by atoms with Crippen LogP contribution in [-0.2, 0) is 6.54 Å². The maximum absolute atomic E-state index is 6.14. The molecular formula is C37H39N5. The van der Waals surface area contributed by atoms with Crippen molar-refractivity contribution in [2.75, 3.05) is 36.5 Å². The number of likely N-dealkylation sites (N-methyl/N-ethyl adjacent to an activating group) is 1. The zero-order valence-electron chi connectivity index (χ0n) is 24.2. The Labute approximate surface area is 249 Å². The van der Waals surface area contributed by atoms with E-state index in [2.05, 4.69) is 131 Å². The first-order chi connectivity index (χ1) is 20.5. The lowest BCUT2D eigenvalue weighted by molar-refractivity contribution is 0.216. The Hall–Kier alpha value is -4.84. The Balaban J connectivity index is 1.45. The molecule has 0 spiro atoms. The molecule has 0 radical (unpaired) electrons. The van der Waals surface area contributed by atoms with Gasteiger partial charge in [-0.1, -0.05) is 110 Å². The minimum atomic E-state index is -0.0786. The average molecular weight is 554 g/mol. The number of rotatable bonds is 13. The Bertz CT molecular complexity index is 1640. The van der Waals surface area contributed by atoms with Crippen LogP contribution in [0.1, 0.15) is 22.7 Å². The Kier molecular flexibility index (Phi) is 9.34. The third-order valence-corrected chi connectivity index (χ3v) is 7.45. The SMILES string of the molecule is C=C(Nc1ccccc1N)c1ccc(C(C(=C)Nc2ccc3ccccc3c2)N(CCNC)Cc2ccccc2)cc1. The van der Waals surface area contributed by atoms with E-state index < -0.39 is 0 Å². The lowest BCUT2D eigenvalue weighted by atomic mass is 9.98. The van der Waals surface area contributed by atoms with Gasteiger partial charge in [0.05, 0.1) is 17.4 Å². The van der Waals surface area contributed by atoms with E-state index in [1.165, 1.54) is 16.3 Å². The minimum absolute atomic E-state index is 0.0786. The van der Waals surface area contributed by atoms with Crippen LogP contribution in [0.4, 0.5) is 17.1 Å². The van der Waals surface area contributed by atoms with Gasteiger partial charge in [0.25, 0.3) is 0 Å². The summed E-state index contributed by atoms with van der Waals surface area (Å²) in [6, 6.07) is 41.7. The highest BCUT2D eigenvalue weighted by Gasteiger charge is 2.24. The van der Waals surface area contributed by atoms with E-state index in [4.69, 9.17) is 5.73 Å². The molecule has 0 saturated carbocycles. The predicted molar refractivity (Wildman–Crippen MR) is 180 cm³/mol. The van der Waals surface area contributed by atoms with Crippen LogP contribution in [0.3, 0.4) is 0 Å². The first kappa shape index (κ1) is 28.7. The molecule has 1 unspecified atom stereocenters. The van der Waals surface area contributed by atoms with Gasteiger partial charge in [-0.15, -0.1) is 0 Å². The molecule has 5 aromatic rings. The molecule has 0 bridgehead atoms. The van der Waals surface area contributed by atoms with Crippen molar-refractivity contribution in [1.29, 1.82) is 0 Å². The van der Waals surface area contributed by atoms with Crippen molar-refractivity contribution in [3.63, 3.8) is 0 Å². The Morgan fingerprint density at radius 3 is 2.19 bits per heavy atom. The number of benzene rings is 5. The summed E-state index contributed by atoms with van der Waals surface area (Å²) in [6.45, 7) is 11.3. The molecule has 5 nitrogen and oxygen atoms in total. The van der Waals surface area contributed by atoms with Gasteiger partial charge in [-0.2, -0.15) is 0 Å². The number of hydrogen-bond acceptors (Lipinski definition) is 5. The Morgan fingerprint density at radius 1 is 0.762 bits per heavy atom. The van der Waals surface area contributed by atoms with Crippen molar-refractivity contribution in [1.82, 2.24) is 10.2 Å². The van der Waals surface area contributed by atoms with Crippen LogP contribution < -0.4 is 21.7 Å². The van der Waals surface area contributed by atoms with Crippen LogP contribution in [0.2, 0.25) is 0 Å². The Morgan fingerprint density at radius 2 is 1.45 bits per heavy atom. The second-order valence-electron chi connectivity index (χ2n) is 10.5. The summed E-state index contributed by atoms with van der Waals surface area (Å²) < 4.78 is 0. The molecular weight excluding hydrogens is 514 g/mol. The molecule has 0 fully saturated rings. The fourth-order valence-corrected chi connectivity index (χ4v) is 5.24. The predicted octanol–water partition coefficient (Wildman–Crippen LogP) is 7.89. The average Bonchev–Trinajstić information content (AvgIpc) is 3.02. The maximum atomic E-state index is 6.14. The molecule has 5 N–H and O–H groups in total. The van der Waals surface area contributed by atoms with Crippen molar-refractivity contribution in [2.24, 2.45) is 0 Å². The van der Waals surface area contributed by atoms with Crippen molar-refractivity contribution in [3.8, 4) is 0 Å². The smallest absolute Gasteiger partial charge is 0.0751 e. The summed E-state index contributed by atoms with van der Waals surface area (Å²) >= 11 is 0. The first-order valence-electron chi connectivity index (χ1n) is 14.3. The van der Waals surface area contributed by atoms with Crippen LogP contribution in [0.5, 0.6) is 0 Å². The highest BCUT2D eigenvalue weighted by Crippen LogP contribution is 2.32. The van der Waals surface area contributed by atoms with Crippen molar-refractivity contribution < 1.29 is 0 Å². The van der Waals surface area contributed by atoms with Crippen LogP contribution in [0, 0.1) is 0 Å². The molecule has 0 heterocycles. The zero-order valence-corrected chi connectivity index (χ0v) is 24.2. The molecule has 212 valence electrons. The van der Waals surface area contributed by atoms with Crippen molar-refractivity contribution >= 4 is 33.5 Å². The van der Waals surface area contributed by atoms with Gasteiger partial charge < -0.3 is 21.7 Å². The van der Waals surface area contributed by atoms with E-state index in [-0.39, 0.29) is 6.04 Å². The molecule has 5 rings (SSSR count). The molecule has 0 saturated heterocycles. The lowest BCUT2D eigenvalue weighted by Gasteiger charge is -2.34. The van der Waals surface area contributed by atoms with Gasteiger partial charge in [-0.05, 0) is 58.8 Å². The van der Waals surface area contributed by atoms with Gasteiger partial charge in [0.1, 0.15) is 0 Å². The molecule has 0 aliphatic carbocycles. The number of nitrogens with zero attached hydrogens (tertiary/aromatic N) is 1. The fourth-order valence-electron chi connectivity index (χ4n) is 5.24. The second kappa shape index (κ2) is 13.7. The molecule has 5 heteroatoms. The zero-order chi connectivity index (χ0) is 29.3. The van der Waals surface area contributed by atoms with E-state index in [1.807, 2.05) is 31.3 Å². The number of fused-ring (bicyclic) bond motifs is 1. The largest absolute Gasteiger partial charge is 0.397 e. The first-order valence-corrected chi connectivity index (χ1v) is 14.3. The summed E-state index contributed by atoms with van der Waals surface area (Å²) in [5, 5.41) is 12.7. The molecule has 42 heavy (non-hydrogen) atoms. The summed E-state index contributed by atoms with van der Waals surface area (Å²) in [7, 11) is 1.99. The number of para-hydroxylation sites is 2. The van der Waals surface area contributed by atoms with Crippen LogP contribution >= 0.6 is 0 Å². The van der Waals surface area contributed by atoms with Gasteiger partial charge in [0.2, 0.25) is 0 Å². The fraction of sp³-hybridized carbons (Fsp3) is 0.135. The molecule has 5 aromatic carbocycles. The molecule has 0 aromatic heterocycles. The highest BCUT2D eigenvalue weighted by atomic mass is 15.2. The standard InChI is InChI=1S/C37H39N5/c1-27(41-36-16-10-9-15-35(36)38)30-17-19-32(20-18-30)37(42(24-23-39-3)26-29-11-5-4-6-12-29)28(2)40-34-22-21-31-13-7-8-14-33(31)25-34/h4-22,25,37,39-41H,1-2,23-24,26,38H2,3H3. The van der Waals surface area contributed by atoms with Crippen LogP contribution in [0.15, 0.2) is 140 Å². The van der Waals surface area contributed by atoms with Gasteiger partial charge in [0, 0.05) is 36.7 Å². The topological polar surface area (TPSA) is 65.3 Å². The summed E-state index contributed by atoms with van der Waals surface area (Å²) in [5.41, 5.74) is 13.8. The number of nitrogens with two attached hydrogens (primary N) is 1. The van der Waals surface area contributed by atoms with Gasteiger partial charge in [-0.25, -0.2) is 0 Å². The van der Waals surface area contributed by atoms with Gasteiger partial charge >= 0.3 is 0 Å². The number of nitrogen functional groups attached to an aromatic ring is 1. The number of anilines is 3. The van der Waals surface area contributed by atoms with Crippen molar-refractivity contribution in [3.05, 3.63) is 157 Å². The van der Waals surface area contributed by atoms with E-state index in [1.54, 1.807) is 0 Å². The molecule has 0 amide bonds. The second-order valence-corrected chi connectivity index (χ2v) is 10.5. The summed E-state index contributed by atoms with van der Waals surface area (Å²) in [4.78, 5) is 2.47. The van der Waals surface area contributed by atoms with E-state index in [0.717, 1.165) is 53.5 Å². The quantitative estimate of drug-likeness (QED) is 0.112. The van der Waals surface area contributed by atoms with E-state index >= 15 is 0 Å². The van der Waals surface area contributed by atoms with E-state index in [0.29, 0.717) is 5.69 Å². The maximum Gasteiger partial charge on any atom is 0.0751 e. The molecule has 0 aliphatic rings. The van der Waals surface area contributed by atoms with Crippen LogP contribution in [-0.4, -0.2) is 25.0 Å². The van der Waals surface area contributed by atoms with Gasteiger partial charge in [0.15, 0.2) is 0 Å². The van der Waals surface area contributed by atoms with Crippen molar-refractivity contribution in [2.45, 2.75) is 12.6 Å². The molecule has 1 atom stereocenters.